The van der Waals surface area contributed by atoms with Gasteiger partial charge in [0.05, 0.1) is 17.9 Å². The highest BCUT2D eigenvalue weighted by Gasteiger charge is 2.39. The van der Waals surface area contributed by atoms with Crippen molar-refractivity contribution in [1.29, 1.82) is 0 Å². The zero-order valence-electron chi connectivity index (χ0n) is 15.0. The lowest BCUT2D eigenvalue weighted by Crippen LogP contribution is -2.48. The first kappa shape index (κ1) is 19.5. The van der Waals surface area contributed by atoms with Gasteiger partial charge in [0.25, 0.3) is 0 Å². The molecule has 0 bridgehead atoms. The second-order valence-corrected chi connectivity index (χ2v) is 8.83. The van der Waals surface area contributed by atoms with Crippen LogP contribution in [0.15, 0.2) is 24.3 Å². The van der Waals surface area contributed by atoms with Crippen LogP contribution in [0.4, 0.5) is 4.79 Å². The summed E-state index contributed by atoms with van der Waals surface area (Å²) in [5.41, 5.74) is -0.501. The quantitative estimate of drug-likeness (QED) is 0.800. The van der Waals surface area contributed by atoms with Gasteiger partial charge in [-0.3, -0.25) is 0 Å². The summed E-state index contributed by atoms with van der Waals surface area (Å²) in [6.45, 7) is 7.73. The SMILES string of the molecule is CCS(=O)(=O)Oc1ccc(C2(NC(=O)OC(C)(C)C)CCOC2)cc1. The Balaban J connectivity index is 2.18. The summed E-state index contributed by atoms with van der Waals surface area (Å²) >= 11 is 0. The molecule has 0 aliphatic carbocycles. The van der Waals surface area contributed by atoms with Crippen LogP contribution in [0, 0.1) is 0 Å². The molecule has 1 aromatic rings. The Morgan fingerprint density at radius 3 is 2.40 bits per heavy atom. The first-order valence-electron chi connectivity index (χ1n) is 8.17. The molecule has 1 aromatic carbocycles. The number of hydrogen-bond acceptors (Lipinski definition) is 6. The van der Waals surface area contributed by atoms with Crippen molar-refractivity contribution in [2.45, 2.75) is 45.3 Å². The number of benzene rings is 1. The van der Waals surface area contributed by atoms with Gasteiger partial charge in [-0.05, 0) is 45.4 Å². The van der Waals surface area contributed by atoms with E-state index in [1.54, 1.807) is 45.0 Å². The van der Waals surface area contributed by atoms with E-state index in [9.17, 15) is 13.2 Å². The predicted molar refractivity (Wildman–Crippen MR) is 93.0 cm³/mol. The van der Waals surface area contributed by atoms with Crippen LogP contribution in [0.5, 0.6) is 5.75 Å². The molecule has 25 heavy (non-hydrogen) atoms. The second-order valence-electron chi connectivity index (χ2n) is 6.97. The molecular weight excluding hydrogens is 346 g/mol. The maximum atomic E-state index is 12.2. The number of hydrogen-bond donors (Lipinski definition) is 1. The Kier molecular flexibility index (Phi) is 5.63. The van der Waals surface area contributed by atoms with E-state index in [1.807, 2.05) is 0 Å². The second kappa shape index (κ2) is 7.21. The summed E-state index contributed by atoms with van der Waals surface area (Å²) in [7, 11) is -3.57. The number of alkyl carbamates (subject to hydrolysis) is 1. The van der Waals surface area contributed by atoms with Crippen molar-refractivity contribution in [3.63, 3.8) is 0 Å². The van der Waals surface area contributed by atoms with Gasteiger partial charge in [-0.15, -0.1) is 0 Å². The standard InChI is InChI=1S/C17H25NO6S/c1-5-25(20,21)24-14-8-6-13(7-9-14)17(10-11-22-12-17)18-15(19)23-16(2,3)4/h6-9H,5,10-12H2,1-4H3,(H,18,19). The zero-order chi connectivity index (χ0) is 18.7. The molecule has 0 aromatic heterocycles. The van der Waals surface area contributed by atoms with Crippen molar-refractivity contribution in [3.8, 4) is 5.75 Å². The van der Waals surface area contributed by atoms with E-state index < -0.39 is 27.4 Å². The number of ether oxygens (including phenoxy) is 2. The first-order chi connectivity index (χ1) is 11.6. The van der Waals surface area contributed by atoms with Crippen LogP contribution in [0.2, 0.25) is 0 Å². The molecule has 0 saturated carbocycles. The lowest BCUT2D eigenvalue weighted by Gasteiger charge is -2.31. The molecule has 1 unspecified atom stereocenters. The molecule has 0 spiro atoms. The summed E-state index contributed by atoms with van der Waals surface area (Å²) in [4.78, 5) is 12.2. The Bertz CT molecular complexity index is 700. The lowest BCUT2D eigenvalue weighted by molar-refractivity contribution is 0.0437. The Labute approximate surface area is 148 Å². The van der Waals surface area contributed by atoms with Crippen molar-refractivity contribution < 1.29 is 26.9 Å². The molecule has 0 radical (unpaired) electrons. The van der Waals surface area contributed by atoms with Gasteiger partial charge in [-0.2, -0.15) is 8.42 Å². The fourth-order valence-corrected chi connectivity index (χ4v) is 3.02. The summed E-state index contributed by atoms with van der Waals surface area (Å²) in [6, 6.07) is 6.60. The van der Waals surface area contributed by atoms with Crippen molar-refractivity contribution in [1.82, 2.24) is 5.32 Å². The Morgan fingerprint density at radius 1 is 1.28 bits per heavy atom. The third-order valence-electron chi connectivity index (χ3n) is 3.75. The minimum atomic E-state index is -3.57. The smallest absolute Gasteiger partial charge is 0.408 e. The fraction of sp³-hybridized carbons (Fsp3) is 0.588. The van der Waals surface area contributed by atoms with Crippen LogP contribution < -0.4 is 9.50 Å². The van der Waals surface area contributed by atoms with E-state index in [-0.39, 0.29) is 11.5 Å². The number of carbonyl (C=O) groups is 1. The zero-order valence-corrected chi connectivity index (χ0v) is 15.8. The third kappa shape index (κ3) is 5.34. The van der Waals surface area contributed by atoms with Gasteiger partial charge >= 0.3 is 16.2 Å². The molecule has 7 nitrogen and oxygen atoms in total. The van der Waals surface area contributed by atoms with Crippen molar-refractivity contribution in [2.24, 2.45) is 0 Å². The number of nitrogens with one attached hydrogen (secondary N) is 1. The molecule has 1 amide bonds. The van der Waals surface area contributed by atoms with Crippen molar-refractivity contribution in [2.75, 3.05) is 19.0 Å². The van der Waals surface area contributed by atoms with Crippen LogP contribution in [-0.4, -0.2) is 39.1 Å². The summed E-state index contributed by atoms with van der Waals surface area (Å²) in [5, 5.41) is 2.90. The summed E-state index contributed by atoms with van der Waals surface area (Å²) in [5.74, 6) is 0.129. The van der Waals surface area contributed by atoms with E-state index in [0.717, 1.165) is 5.56 Å². The molecule has 8 heteroatoms. The molecule has 1 atom stereocenters. The maximum absolute atomic E-state index is 12.2. The Hall–Kier alpha value is -1.80. The van der Waals surface area contributed by atoms with Crippen LogP contribution in [0.25, 0.3) is 0 Å². The van der Waals surface area contributed by atoms with Gasteiger partial charge in [-0.1, -0.05) is 12.1 Å². The largest absolute Gasteiger partial charge is 0.444 e. The van der Waals surface area contributed by atoms with Gasteiger partial charge in [-0.25, -0.2) is 4.79 Å². The molecule has 1 heterocycles. The van der Waals surface area contributed by atoms with E-state index in [2.05, 4.69) is 5.32 Å². The van der Waals surface area contributed by atoms with E-state index >= 15 is 0 Å². The maximum Gasteiger partial charge on any atom is 0.408 e. The van der Waals surface area contributed by atoms with Gasteiger partial charge in [0.2, 0.25) is 0 Å². The average molecular weight is 371 g/mol. The summed E-state index contributed by atoms with van der Waals surface area (Å²) < 4.78 is 38.9. The Morgan fingerprint density at radius 2 is 1.92 bits per heavy atom. The van der Waals surface area contributed by atoms with E-state index in [1.165, 1.54) is 6.92 Å². The highest BCUT2D eigenvalue weighted by molar-refractivity contribution is 7.87. The molecule has 1 N–H and O–H groups in total. The molecular formula is C17H25NO6S. The van der Waals surface area contributed by atoms with Crippen LogP contribution in [0.3, 0.4) is 0 Å². The van der Waals surface area contributed by atoms with Crippen LogP contribution in [-0.2, 0) is 25.1 Å². The lowest BCUT2D eigenvalue weighted by atomic mass is 9.89. The normalized spacial score (nSPS) is 21.0. The van der Waals surface area contributed by atoms with Gasteiger partial charge in [0.15, 0.2) is 0 Å². The van der Waals surface area contributed by atoms with Gasteiger partial charge in [0.1, 0.15) is 11.4 Å². The third-order valence-corrected chi connectivity index (χ3v) is 4.90. The number of amides is 1. The van der Waals surface area contributed by atoms with E-state index in [4.69, 9.17) is 13.7 Å². The highest BCUT2D eigenvalue weighted by atomic mass is 32.2. The van der Waals surface area contributed by atoms with Gasteiger partial charge in [0, 0.05) is 13.0 Å². The molecule has 1 aliphatic rings. The molecule has 140 valence electrons. The van der Waals surface area contributed by atoms with Crippen LogP contribution in [0.1, 0.15) is 39.7 Å². The van der Waals surface area contributed by atoms with Gasteiger partial charge < -0.3 is 19.0 Å². The molecule has 1 aliphatic heterocycles. The minimum Gasteiger partial charge on any atom is -0.444 e. The average Bonchev–Trinajstić information content (AvgIpc) is 2.95. The van der Waals surface area contributed by atoms with E-state index in [0.29, 0.717) is 19.6 Å². The predicted octanol–water partition coefficient (Wildman–Crippen LogP) is 2.56. The molecule has 2 rings (SSSR count). The monoisotopic (exact) mass is 371 g/mol. The van der Waals surface area contributed by atoms with Crippen LogP contribution >= 0.6 is 0 Å². The summed E-state index contributed by atoms with van der Waals surface area (Å²) in [6.07, 6.45) is 0.0755. The first-order valence-corrected chi connectivity index (χ1v) is 9.75. The molecule has 1 saturated heterocycles. The number of carbonyl (C=O) groups excluding carboxylic acids is 1. The van der Waals surface area contributed by atoms with Crippen molar-refractivity contribution >= 4 is 16.2 Å². The minimum absolute atomic E-state index is 0.104. The topological polar surface area (TPSA) is 90.9 Å². The number of rotatable bonds is 5. The highest BCUT2D eigenvalue weighted by Crippen LogP contribution is 2.32. The van der Waals surface area contributed by atoms with Crippen molar-refractivity contribution in [3.05, 3.63) is 29.8 Å². The molecule has 1 fully saturated rings. The fourth-order valence-electron chi connectivity index (χ4n) is 2.50.